The number of H-pyrrole nitrogens is 1. The van der Waals surface area contributed by atoms with E-state index in [0.717, 1.165) is 23.9 Å². The fourth-order valence-electron chi connectivity index (χ4n) is 5.33. The molecule has 184 valence electrons. The van der Waals surface area contributed by atoms with Crippen LogP contribution in [0.4, 0.5) is 0 Å². The van der Waals surface area contributed by atoms with Crippen molar-refractivity contribution in [2.24, 2.45) is 0 Å². The van der Waals surface area contributed by atoms with Gasteiger partial charge in [-0.25, -0.2) is 4.68 Å². The van der Waals surface area contributed by atoms with E-state index in [1.165, 1.54) is 11.1 Å². The molecule has 0 saturated carbocycles. The quantitative estimate of drug-likeness (QED) is 0.401. The Bertz CT molecular complexity index is 1660. The summed E-state index contributed by atoms with van der Waals surface area (Å²) in [6.07, 6.45) is 0.886. The molecule has 3 aromatic carbocycles. The summed E-state index contributed by atoms with van der Waals surface area (Å²) in [6, 6.07) is 23.7. The monoisotopic (exact) mass is 492 g/mol. The molecule has 2 aliphatic rings. The minimum Gasteiger partial charge on any atom is -0.454 e. The van der Waals surface area contributed by atoms with Crippen LogP contribution in [-0.4, -0.2) is 43.4 Å². The van der Waals surface area contributed by atoms with Gasteiger partial charge in [-0.05, 0) is 45.7 Å². The molecule has 0 amide bonds. The van der Waals surface area contributed by atoms with Crippen molar-refractivity contribution >= 4 is 10.9 Å². The van der Waals surface area contributed by atoms with Crippen LogP contribution in [0, 0.1) is 0 Å². The lowest BCUT2D eigenvalue weighted by Crippen LogP contribution is -2.38. The second-order valence-corrected chi connectivity index (χ2v) is 9.42. The summed E-state index contributed by atoms with van der Waals surface area (Å²) in [5.41, 5.74) is 4.78. The van der Waals surface area contributed by atoms with E-state index in [-0.39, 0.29) is 12.4 Å². The van der Waals surface area contributed by atoms with Crippen LogP contribution in [0.3, 0.4) is 0 Å². The molecule has 2 aromatic heterocycles. The van der Waals surface area contributed by atoms with E-state index >= 15 is 0 Å². The lowest BCUT2D eigenvalue weighted by molar-refractivity contribution is 0.174. The fourth-order valence-corrected chi connectivity index (χ4v) is 5.33. The van der Waals surface area contributed by atoms with Crippen molar-refractivity contribution in [1.82, 2.24) is 30.1 Å². The predicted octanol–water partition coefficient (Wildman–Crippen LogP) is 3.44. The van der Waals surface area contributed by atoms with E-state index in [1.807, 2.05) is 48.5 Å². The summed E-state index contributed by atoms with van der Waals surface area (Å²) in [5.74, 6) is 1.93. The zero-order chi connectivity index (χ0) is 24.8. The number of ether oxygens (including phenoxy) is 2. The largest absolute Gasteiger partial charge is 0.454 e. The van der Waals surface area contributed by atoms with Crippen LogP contribution < -0.4 is 15.0 Å². The van der Waals surface area contributed by atoms with Gasteiger partial charge in [0.1, 0.15) is 6.04 Å². The number of hydrogen-bond acceptors (Lipinski definition) is 7. The maximum absolute atomic E-state index is 13.6. The van der Waals surface area contributed by atoms with Crippen molar-refractivity contribution in [2.45, 2.75) is 25.6 Å². The van der Waals surface area contributed by atoms with E-state index in [0.29, 0.717) is 41.5 Å². The van der Waals surface area contributed by atoms with E-state index in [1.54, 1.807) is 4.68 Å². The van der Waals surface area contributed by atoms with Crippen molar-refractivity contribution in [1.29, 1.82) is 0 Å². The SMILES string of the molecule is O=c1[nH]c2cc3c(cc2cc1C(c1nnnn1Cc1ccccc1)N1CCc2ccccc2C1)OCO3. The molecule has 9 heteroatoms. The normalized spacial score (nSPS) is 15.6. The van der Waals surface area contributed by atoms with E-state index < -0.39 is 6.04 Å². The predicted molar refractivity (Wildman–Crippen MR) is 136 cm³/mol. The molecule has 9 nitrogen and oxygen atoms in total. The molecular weight excluding hydrogens is 468 g/mol. The number of nitrogens with zero attached hydrogens (tertiary/aromatic N) is 5. The molecule has 0 bridgehead atoms. The number of tetrazole rings is 1. The third-order valence-electron chi connectivity index (χ3n) is 7.17. The number of rotatable bonds is 5. The highest BCUT2D eigenvalue weighted by Gasteiger charge is 2.33. The first-order valence-corrected chi connectivity index (χ1v) is 12.3. The van der Waals surface area contributed by atoms with Gasteiger partial charge in [-0.2, -0.15) is 0 Å². The van der Waals surface area contributed by atoms with Crippen molar-refractivity contribution < 1.29 is 9.47 Å². The van der Waals surface area contributed by atoms with Gasteiger partial charge in [-0.15, -0.1) is 5.10 Å². The lowest BCUT2D eigenvalue weighted by Gasteiger charge is -2.34. The minimum atomic E-state index is -0.439. The van der Waals surface area contributed by atoms with Gasteiger partial charge in [0.15, 0.2) is 17.3 Å². The lowest BCUT2D eigenvalue weighted by atomic mass is 9.96. The van der Waals surface area contributed by atoms with Gasteiger partial charge >= 0.3 is 0 Å². The Morgan fingerprint density at radius 1 is 0.946 bits per heavy atom. The third kappa shape index (κ3) is 3.93. The Labute approximate surface area is 212 Å². The van der Waals surface area contributed by atoms with Crippen LogP contribution in [0.25, 0.3) is 10.9 Å². The summed E-state index contributed by atoms with van der Waals surface area (Å²) in [6.45, 7) is 2.15. The molecule has 37 heavy (non-hydrogen) atoms. The van der Waals surface area contributed by atoms with Crippen LogP contribution in [0.2, 0.25) is 0 Å². The molecule has 2 aliphatic heterocycles. The fraction of sp³-hybridized carbons (Fsp3) is 0.214. The number of aromatic amines is 1. The average molecular weight is 493 g/mol. The molecule has 0 radical (unpaired) electrons. The topological polar surface area (TPSA) is 98.2 Å². The molecule has 5 aromatic rings. The summed E-state index contributed by atoms with van der Waals surface area (Å²) in [4.78, 5) is 18.9. The maximum atomic E-state index is 13.6. The third-order valence-corrected chi connectivity index (χ3v) is 7.17. The van der Waals surface area contributed by atoms with Gasteiger partial charge in [0.05, 0.1) is 12.1 Å². The Balaban J connectivity index is 1.36. The standard InChI is InChI=1S/C28H24N6O3/c35-28-22(12-21-13-24-25(37-17-36-24)14-23(21)29-28)26(33-11-10-19-8-4-5-9-20(19)16-33)27-30-31-32-34(27)15-18-6-2-1-3-7-18/h1-9,12-14,26H,10-11,15-17H2,(H,29,35). The second kappa shape index (κ2) is 8.86. The number of hydrogen-bond donors (Lipinski definition) is 1. The molecule has 1 N–H and O–H groups in total. The Kier molecular flexibility index (Phi) is 5.21. The number of nitrogens with one attached hydrogen (secondary N) is 1. The zero-order valence-electron chi connectivity index (χ0n) is 20.0. The minimum absolute atomic E-state index is 0.173. The number of pyridine rings is 1. The molecular formula is C28H24N6O3. The maximum Gasteiger partial charge on any atom is 0.253 e. The van der Waals surface area contributed by atoms with Gasteiger partial charge in [-0.3, -0.25) is 9.69 Å². The number of benzene rings is 3. The Hall–Kier alpha value is -4.50. The number of aromatic nitrogens is 5. The second-order valence-electron chi connectivity index (χ2n) is 9.42. The molecule has 0 spiro atoms. The van der Waals surface area contributed by atoms with Crippen LogP contribution in [0.15, 0.2) is 77.6 Å². The Morgan fingerprint density at radius 3 is 2.59 bits per heavy atom. The summed E-state index contributed by atoms with van der Waals surface area (Å²) >= 11 is 0. The Morgan fingerprint density at radius 2 is 1.73 bits per heavy atom. The summed E-state index contributed by atoms with van der Waals surface area (Å²) < 4.78 is 12.9. The highest BCUT2D eigenvalue weighted by Crippen LogP contribution is 2.37. The van der Waals surface area contributed by atoms with Crippen LogP contribution in [0.5, 0.6) is 11.5 Å². The van der Waals surface area contributed by atoms with Crippen molar-refractivity contribution in [2.75, 3.05) is 13.3 Å². The molecule has 1 unspecified atom stereocenters. The van der Waals surface area contributed by atoms with Crippen LogP contribution in [0.1, 0.15) is 34.1 Å². The summed E-state index contributed by atoms with van der Waals surface area (Å²) in [7, 11) is 0. The van der Waals surface area contributed by atoms with Gasteiger partial charge in [0, 0.05) is 30.1 Å². The van der Waals surface area contributed by atoms with E-state index in [4.69, 9.17) is 9.47 Å². The molecule has 0 aliphatic carbocycles. The molecule has 1 atom stereocenters. The van der Waals surface area contributed by atoms with Crippen molar-refractivity contribution in [3.8, 4) is 11.5 Å². The van der Waals surface area contributed by atoms with Gasteiger partial charge in [0.25, 0.3) is 5.56 Å². The first-order valence-electron chi connectivity index (χ1n) is 12.3. The zero-order valence-corrected chi connectivity index (χ0v) is 20.0. The van der Waals surface area contributed by atoms with Crippen molar-refractivity contribution in [3.05, 3.63) is 111 Å². The average Bonchev–Trinajstić information content (AvgIpc) is 3.58. The van der Waals surface area contributed by atoms with Crippen LogP contribution >= 0.6 is 0 Å². The van der Waals surface area contributed by atoms with E-state index in [9.17, 15) is 4.79 Å². The molecule has 0 saturated heterocycles. The van der Waals surface area contributed by atoms with Gasteiger partial charge in [-0.1, -0.05) is 54.6 Å². The van der Waals surface area contributed by atoms with Gasteiger partial charge in [0.2, 0.25) is 6.79 Å². The van der Waals surface area contributed by atoms with E-state index in [2.05, 4.69) is 49.7 Å². The number of fused-ring (bicyclic) bond motifs is 3. The van der Waals surface area contributed by atoms with Crippen LogP contribution in [-0.2, 0) is 19.5 Å². The first-order chi connectivity index (χ1) is 18.2. The highest BCUT2D eigenvalue weighted by molar-refractivity contribution is 5.83. The smallest absolute Gasteiger partial charge is 0.253 e. The molecule has 4 heterocycles. The highest BCUT2D eigenvalue weighted by atomic mass is 16.7. The molecule has 7 rings (SSSR count). The van der Waals surface area contributed by atoms with Crippen molar-refractivity contribution in [3.63, 3.8) is 0 Å². The van der Waals surface area contributed by atoms with Gasteiger partial charge < -0.3 is 14.5 Å². The first kappa shape index (κ1) is 21.8. The molecule has 0 fully saturated rings. The summed E-state index contributed by atoms with van der Waals surface area (Å²) in [5, 5.41) is 13.7.